The van der Waals surface area contributed by atoms with E-state index in [0.29, 0.717) is 24.4 Å². The Bertz CT molecular complexity index is 951. The van der Waals surface area contributed by atoms with E-state index < -0.39 is 0 Å². The standard InChI is InChI=1S/C24H32N2O4/c1-3-13-26(19-10-11-20-18(16-19)7-6-8-21(20)27)23(29)9-4-5-14-25-15-12-22(28)24(30)17(25)2/h6-8,12,15,19,27,30H,3-5,9-11,13-14,16H2,1-2H3/t19-/m0/s1. The fourth-order valence-electron chi connectivity index (χ4n) is 4.39. The average Bonchev–Trinajstić information content (AvgIpc) is 2.74. The summed E-state index contributed by atoms with van der Waals surface area (Å²) in [6, 6.07) is 7.22. The molecule has 1 aromatic heterocycles. The maximum absolute atomic E-state index is 13.0. The van der Waals surface area contributed by atoms with Gasteiger partial charge in [-0.15, -0.1) is 0 Å². The summed E-state index contributed by atoms with van der Waals surface area (Å²) in [5.41, 5.74) is 2.37. The fourth-order valence-corrected chi connectivity index (χ4v) is 4.39. The van der Waals surface area contributed by atoms with Crippen molar-refractivity contribution in [1.29, 1.82) is 0 Å². The molecule has 1 aliphatic carbocycles. The molecule has 0 bridgehead atoms. The molecule has 2 N–H and O–H groups in total. The molecule has 0 radical (unpaired) electrons. The highest BCUT2D eigenvalue weighted by Crippen LogP contribution is 2.31. The highest BCUT2D eigenvalue weighted by Gasteiger charge is 2.28. The van der Waals surface area contributed by atoms with Gasteiger partial charge in [0.15, 0.2) is 5.75 Å². The average molecular weight is 413 g/mol. The number of amides is 1. The van der Waals surface area contributed by atoms with Crippen LogP contribution in [0.25, 0.3) is 0 Å². The topological polar surface area (TPSA) is 82.8 Å². The Hall–Kier alpha value is -2.76. The van der Waals surface area contributed by atoms with Gasteiger partial charge >= 0.3 is 0 Å². The van der Waals surface area contributed by atoms with Crippen LogP contribution >= 0.6 is 0 Å². The summed E-state index contributed by atoms with van der Waals surface area (Å²) >= 11 is 0. The molecule has 0 saturated carbocycles. The van der Waals surface area contributed by atoms with Crippen LogP contribution in [0.1, 0.15) is 55.8 Å². The predicted octanol–water partition coefficient (Wildman–Crippen LogP) is 3.53. The SMILES string of the molecule is CCCN(C(=O)CCCCn1ccc(=O)c(O)c1C)[C@H]1CCc2c(O)cccc2C1. The molecule has 0 spiro atoms. The van der Waals surface area contributed by atoms with E-state index in [2.05, 4.69) is 13.0 Å². The smallest absolute Gasteiger partial charge is 0.223 e. The number of aryl methyl sites for hydroxylation is 1. The third-order valence-corrected chi connectivity index (χ3v) is 6.11. The molecule has 1 atom stereocenters. The van der Waals surface area contributed by atoms with E-state index in [9.17, 15) is 19.8 Å². The fraction of sp³-hybridized carbons (Fsp3) is 0.500. The van der Waals surface area contributed by atoms with E-state index in [1.54, 1.807) is 19.2 Å². The van der Waals surface area contributed by atoms with Gasteiger partial charge in [-0.3, -0.25) is 9.59 Å². The number of rotatable bonds is 8. The van der Waals surface area contributed by atoms with Crippen molar-refractivity contribution in [2.24, 2.45) is 0 Å². The highest BCUT2D eigenvalue weighted by atomic mass is 16.3. The van der Waals surface area contributed by atoms with Gasteiger partial charge in [-0.05, 0) is 62.6 Å². The number of carbonyl (C=O) groups excluding carboxylic acids is 1. The number of nitrogens with zero attached hydrogens (tertiary/aromatic N) is 2. The van der Waals surface area contributed by atoms with Crippen LogP contribution in [-0.2, 0) is 24.2 Å². The summed E-state index contributed by atoms with van der Waals surface area (Å²) in [6.07, 6.45) is 7.15. The number of unbranched alkanes of at least 4 members (excludes halogenated alkanes) is 1. The zero-order valence-electron chi connectivity index (χ0n) is 17.9. The lowest BCUT2D eigenvalue weighted by atomic mass is 9.86. The Morgan fingerprint density at radius 1 is 1.23 bits per heavy atom. The number of fused-ring (bicyclic) bond motifs is 1. The first-order valence-electron chi connectivity index (χ1n) is 10.9. The van der Waals surface area contributed by atoms with Crippen molar-refractivity contribution in [3.05, 3.63) is 57.5 Å². The quantitative estimate of drug-likeness (QED) is 0.650. The van der Waals surface area contributed by atoms with Gasteiger partial charge in [0, 0.05) is 37.8 Å². The van der Waals surface area contributed by atoms with Crippen LogP contribution in [0.3, 0.4) is 0 Å². The Labute approximate surface area is 177 Å². The molecule has 0 unspecified atom stereocenters. The number of pyridine rings is 1. The molecule has 0 aliphatic heterocycles. The Morgan fingerprint density at radius 2 is 2.03 bits per heavy atom. The number of phenols is 1. The van der Waals surface area contributed by atoms with Crippen LogP contribution in [0.15, 0.2) is 35.3 Å². The first kappa shape index (κ1) is 21.9. The maximum atomic E-state index is 13.0. The Balaban J connectivity index is 1.56. The van der Waals surface area contributed by atoms with Crippen LogP contribution in [0.4, 0.5) is 0 Å². The van der Waals surface area contributed by atoms with Gasteiger partial charge in [0.1, 0.15) is 5.75 Å². The minimum atomic E-state index is -0.364. The highest BCUT2D eigenvalue weighted by molar-refractivity contribution is 5.76. The summed E-state index contributed by atoms with van der Waals surface area (Å²) in [6.45, 7) is 5.24. The van der Waals surface area contributed by atoms with Gasteiger partial charge in [-0.1, -0.05) is 19.1 Å². The van der Waals surface area contributed by atoms with Gasteiger partial charge in [-0.2, -0.15) is 0 Å². The number of aromatic hydroxyl groups is 2. The minimum absolute atomic E-state index is 0.185. The second-order valence-electron chi connectivity index (χ2n) is 8.16. The summed E-state index contributed by atoms with van der Waals surface area (Å²) in [4.78, 5) is 26.5. The summed E-state index contributed by atoms with van der Waals surface area (Å²) in [5.74, 6) is 0.347. The van der Waals surface area contributed by atoms with Gasteiger partial charge in [0.2, 0.25) is 11.3 Å². The molecular weight excluding hydrogens is 380 g/mol. The Morgan fingerprint density at radius 3 is 2.80 bits per heavy atom. The number of benzene rings is 1. The largest absolute Gasteiger partial charge is 0.508 e. The minimum Gasteiger partial charge on any atom is -0.508 e. The van der Waals surface area contributed by atoms with Crippen molar-refractivity contribution in [3.63, 3.8) is 0 Å². The van der Waals surface area contributed by atoms with Crippen LogP contribution in [0, 0.1) is 6.92 Å². The monoisotopic (exact) mass is 412 g/mol. The summed E-state index contributed by atoms with van der Waals surface area (Å²) in [7, 11) is 0. The van der Waals surface area contributed by atoms with Crippen LogP contribution in [0.2, 0.25) is 0 Å². The van der Waals surface area contributed by atoms with Crippen molar-refractivity contribution in [1.82, 2.24) is 9.47 Å². The summed E-state index contributed by atoms with van der Waals surface area (Å²) in [5, 5.41) is 19.9. The maximum Gasteiger partial charge on any atom is 0.223 e. The number of hydrogen-bond acceptors (Lipinski definition) is 4. The van der Waals surface area contributed by atoms with Crippen molar-refractivity contribution >= 4 is 5.91 Å². The number of aromatic nitrogens is 1. The third-order valence-electron chi connectivity index (χ3n) is 6.11. The molecule has 30 heavy (non-hydrogen) atoms. The second-order valence-corrected chi connectivity index (χ2v) is 8.16. The molecule has 0 saturated heterocycles. The molecule has 1 aromatic carbocycles. The van der Waals surface area contributed by atoms with Crippen molar-refractivity contribution in [2.45, 2.75) is 71.4 Å². The molecule has 3 rings (SSSR count). The zero-order chi connectivity index (χ0) is 21.7. The molecule has 162 valence electrons. The molecule has 6 heteroatoms. The first-order valence-corrected chi connectivity index (χ1v) is 10.9. The van der Waals surface area contributed by atoms with E-state index in [0.717, 1.165) is 56.2 Å². The van der Waals surface area contributed by atoms with E-state index in [1.165, 1.54) is 6.07 Å². The Kier molecular flexibility index (Phi) is 7.19. The lowest BCUT2D eigenvalue weighted by Crippen LogP contribution is -2.43. The van der Waals surface area contributed by atoms with E-state index in [4.69, 9.17) is 0 Å². The summed E-state index contributed by atoms with van der Waals surface area (Å²) < 4.78 is 1.86. The van der Waals surface area contributed by atoms with E-state index in [1.807, 2.05) is 15.5 Å². The lowest BCUT2D eigenvalue weighted by Gasteiger charge is -2.35. The number of phenolic OH excluding ortho intramolecular Hbond substituents is 1. The lowest BCUT2D eigenvalue weighted by molar-refractivity contribution is -0.134. The molecular formula is C24H32N2O4. The van der Waals surface area contributed by atoms with Gasteiger partial charge in [0.05, 0.1) is 5.69 Å². The molecule has 1 amide bonds. The molecule has 0 fully saturated rings. The normalized spacial score (nSPS) is 15.6. The van der Waals surface area contributed by atoms with Crippen LogP contribution < -0.4 is 5.43 Å². The molecule has 1 aliphatic rings. The first-order chi connectivity index (χ1) is 14.4. The molecule has 2 aromatic rings. The second kappa shape index (κ2) is 9.83. The van der Waals surface area contributed by atoms with Gasteiger partial charge < -0.3 is 19.7 Å². The zero-order valence-corrected chi connectivity index (χ0v) is 17.9. The van der Waals surface area contributed by atoms with Gasteiger partial charge in [0.25, 0.3) is 0 Å². The number of hydrogen-bond donors (Lipinski definition) is 2. The van der Waals surface area contributed by atoms with E-state index >= 15 is 0 Å². The van der Waals surface area contributed by atoms with Crippen LogP contribution in [-0.4, -0.2) is 38.2 Å². The number of carbonyl (C=O) groups is 1. The van der Waals surface area contributed by atoms with Crippen molar-refractivity contribution in [2.75, 3.05) is 6.54 Å². The predicted molar refractivity (Wildman–Crippen MR) is 117 cm³/mol. The van der Waals surface area contributed by atoms with Gasteiger partial charge in [-0.25, -0.2) is 0 Å². The van der Waals surface area contributed by atoms with Crippen molar-refractivity contribution in [3.8, 4) is 11.5 Å². The molecule has 1 heterocycles. The molecule has 6 nitrogen and oxygen atoms in total. The third kappa shape index (κ3) is 4.86. The van der Waals surface area contributed by atoms with Crippen LogP contribution in [0.5, 0.6) is 11.5 Å². The van der Waals surface area contributed by atoms with E-state index in [-0.39, 0.29) is 23.1 Å². The van der Waals surface area contributed by atoms with Crippen molar-refractivity contribution < 1.29 is 15.0 Å².